The van der Waals surface area contributed by atoms with Crippen molar-refractivity contribution in [2.75, 3.05) is 10.6 Å². The van der Waals surface area contributed by atoms with E-state index in [-0.39, 0.29) is 16.4 Å². The second-order valence-electron chi connectivity index (χ2n) is 4.39. The van der Waals surface area contributed by atoms with Crippen LogP contribution in [-0.2, 0) is 0 Å². The molecule has 0 aliphatic heterocycles. The minimum atomic E-state index is -1.02. The van der Waals surface area contributed by atoms with Gasteiger partial charge in [-0.15, -0.1) is 0 Å². The number of benzene rings is 2. The Morgan fingerprint density at radius 3 is 2.48 bits per heavy atom. The van der Waals surface area contributed by atoms with Gasteiger partial charge in [-0.25, -0.2) is 9.18 Å². The first-order valence-corrected chi connectivity index (χ1v) is 6.54. The quantitative estimate of drug-likeness (QED) is 0.756. The van der Waals surface area contributed by atoms with E-state index >= 15 is 0 Å². The lowest BCUT2D eigenvalue weighted by atomic mass is 10.1. The van der Waals surface area contributed by atoms with Crippen molar-refractivity contribution in [2.24, 2.45) is 0 Å². The summed E-state index contributed by atoms with van der Waals surface area (Å²) in [6.45, 7) is 1.82. The first-order chi connectivity index (χ1) is 9.97. The third-order valence-corrected chi connectivity index (χ3v) is 3.06. The monoisotopic (exact) mass is 304 g/mol. The number of nitrogens with one attached hydrogen (secondary N) is 2. The topological polar surface area (TPSA) is 61.4 Å². The maximum Gasteiger partial charge on any atom is 0.335 e. The number of halogens is 1. The van der Waals surface area contributed by atoms with Crippen LogP contribution >= 0.6 is 12.2 Å². The molecule has 0 spiro atoms. The predicted molar refractivity (Wildman–Crippen MR) is 84.4 cm³/mol. The summed E-state index contributed by atoms with van der Waals surface area (Å²) in [7, 11) is 0. The maximum atomic E-state index is 13.5. The van der Waals surface area contributed by atoms with Gasteiger partial charge in [-0.2, -0.15) is 0 Å². The van der Waals surface area contributed by atoms with Crippen molar-refractivity contribution >= 4 is 34.7 Å². The third kappa shape index (κ3) is 3.76. The smallest absolute Gasteiger partial charge is 0.335 e. The van der Waals surface area contributed by atoms with Crippen LogP contribution in [0.15, 0.2) is 42.5 Å². The van der Waals surface area contributed by atoms with Crippen LogP contribution in [0.25, 0.3) is 0 Å². The fraction of sp³-hybridized carbons (Fsp3) is 0.0667. The Kier molecular flexibility index (Phi) is 4.49. The molecule has 4 nitrogen and oxygen atoms in total. The molecule has 21 heavy (non-hydrogen) atoms. The summed E-state index contributed by atoms with van der Waals surface area (Å²) in [6.07, 6.45) is 0. The molecule has 0 heterocycles. The number of anilines is 2. The Balaban J connectivity index is 2.15. The molecule has 0 aromatic heterocycles. The molecule has 0 amide bonds. The highest BCUT2D eigenvalue weighted by Gasteiger charge is 2.08. The number of rotatable bonds is 3. The zero-order valence-corrected chi connectivity index (χ0v) is 12.0. The first-order valence-electron chi connectivity index (χ1n) is 6.14. The number of carbonyl (C=O) groups is 1. The molecule has 0 atom stereocenters. The standard InChI is InChI=1S/C15H13FN2O2S/c1-9-6-7-10(14(19)20)8-13(9)18-15(21)17-12-5-3-2-4-11(12)16/h2-8H,1H3,(H,19,20)(H2,17,18,21). The Hall–Kier alpha value is -2.47. The Morgan fingerprint density at radius 2 is 1.81 bits per heavy atom. The van der Waals surface area contributed by atoms with E-state index < -0.39 is 11.8 Å². The van der Waals surface area contributed by atoms with Crippen LogP contribution < -0.4 is 10.6 Å². The third-order valence-electron chi connectivity index (χ3n) is 2.85. The summed E-state index contributed by atoms with van der Waals surface area (Å²) in [6, 6.07) is 10.8. The molecule has 0 saturated carbocycles. The van der Waals surface area contributed by atoms with E-state index in [4.69, 9.17) is 17.3 Å². The first kappa shape index (κ1) is 14.9. The number of para-hydroxylation sites is 1. The number of thiocarbonyl (C=S) groups is 1. The summed E-state index contributed by atoms with van der Waals surface area (Å²) in [5.74, 6) is -1.44. The van der Waals surface area contributed by atoms with E-state index in [1.807, 2.05) is 6.92 Å². The van der Waals surface area contributed by atoms with Gasteiger partial charge in [-0.1, -0.05) is 18.2 Å². The van der Waals surface area contributed by atoms with Crippen molar-refractivity contribution in [1.29, 1.82) is 0 Å². The number of hydrogen-bond acceptors (Lipinski definition) is 2. The Labute approximate surface area is 126 Å². The zero-order chi connectivity index (χ0) is 15.4. The lowest BCUT2D eigenvalue weighted by Gasteiger charge is -2.13. The van der Waals surface area contributed by atoms with Crippen molar-refractivity contribution in [1.82, 2.24) is 0 Å². The Bertz CT molecular complexity index is 704. The van der Waals surface area contributed by atoms with Crippen molar-refractivity contribution in [3.05, 3.63) is 59.4 Å². The van der Waals surface area contributed by atoms with Crippen LogP contribution in [0, 0.1) is 12.7 Å². The number of aryl methyl sites for hydroxylation is 1. The van der Waals surface area contributed by atoms with Crippen LogP contribution in [0.2, 0.25) is 0 Å². The van der Waals surface area contributed by atoms with Gasteiger partial charge in [-0.05, 0) is 49.0 Å². The van der Waals surface area contributed by atoms with E-state index in [1.165, 1.54) is 18.2 Å². The van der Waals surface area contributed by atoms with Crippen LogP contribution in [0.1, 0.15) is 15.9 Å². The average molecular weight is 304 g/mol. The molecular weight excluding hydrogens is 291 g/mol. The fourth-order valence-corrected chi connectivity index (χ4v) is 1.95. The maximum absolute atomic E-state index is 13.5. The van der Waals surface area contributed by atoms with Crippen LogP contribution in [-0.4, -0.2) is 16.2 Å². The lowest BCUT2D eigenvalue weighted by molar-refractivity contribution is 0.0697. The summed E-state index contributed by atoms with van der Waals surface area (Å²) in [5.41, 5.74) is 1.79. The summed E-state index contributed by atoms with van der Waals surface area (Å²) in [4.78, 5) is 11.0. The van der Waals surface area contributed by atoms with Crippen LogP contribution in [0.5, 0.6) is 0 Å². The van der Waals surface area contributed by atoms with E-state index in [0.29, 0.717) is 5.69 Å². The number of carboxylic acids is 1. The Morgan fingerprint density at radius 1 is 1.14 bits per heavy atom. The molecule has 3 N–H and O–H groups in total. The highest BCUT2D eigenvalue weighted by molar-refractivity contribution is 7.80. The van der Waals surface area contributed by atoms with Gasteiger partial charge in [-0.3, -0.25) is 0 Å². The summed E-state index contributed by atoms with van der Waals surface area (Å²) >= 11 is 5.11. The molecule has 0 unspecified atom stereocenters. The predicted octanol–water partition coefficient (Wildman–Crippen LogP) is 3.64. The van der Waals surface area contributed by atoms with Crippen molar-refractivity contribution in [3.8, 4) is 0 Å². The van der Waals surface area contributed by atoms with Gasteiger partial charge in [0.2, 0.25) is 0 Å². The van der Waals surface area contributed by atoms with E-state index in [9.17, 15) is 9.18 Å². The van der Waals surface area contributed by atoms with Crippen LogP contribution in [0.3, 0.4) is 0 Å². The second-order valence-corrected chi connectivity index (χ2v) is 4.80. The zero-order valence-electron chi connectivity index (χ0n) is 11.2. The van der Waals surface area contributed by atoms with Gasteiger partial charge < -0.3 is 15.7 Å². The molecule has 6 heteroatoms. The van der Waals surface area contributed by atoms with Gasteiger partial charge in [0, 0.05) is 5.69 Å². The minimum absolute atomic E-state index is 0.150. The molecule has 2 aromatic rings. The molecule has 2 aromatic carbocycles. The molecule has 0 bridgehead atoms. The van der Waals surface area contributed by atoms with Crippen molar-refractivity contribution < 1.29 is 14.3 Å². The molecule has 0 aliphatic rings. The van der Waals surface area contributed by atoms with E-state index in [1.54, 1.807) is 24.3 Å². The van der Waals surface area contributed by atoms with Gasteiger partial charge in [0.25, 0.3) is 0 Å². The van der Waals surface area contributed by atoms with E-state index in [0.717, 1.165) is 5.56 Å². The van der Waals surface area contributed by atoms with Gasteiger partial charge in [0.15, 0.2) is 5.11 Å². The number of hydrogen-bond donors (Lipinski definition) is 3. The summed E-state index contributed by atoms with van der Waals surface area (Å²) in [5, 5.41) is 14.8. The molecule has 0 aliphatic carbocycles. The average Bonchev–Trinajstić information content (AvgIpc) is 2.43. The van der Waals surface area contributed by atoms with Crippen molar-refractivity contribution in [3.63, 3.8) is 0 Å². The molecular formula is C15H13FN2O2S. The van der Waals surface area contributed by atoms with E-state index in [2.05, 4.69) is 10.6 Å². The molecule has 0 saturated heterocycles. The van der Waals surface area contributed by atoms with Gasteiger partial charge in [0.05, 0.1) is 11.3 Å². The second kappa shape index (κ2) is 6.32. The minimum Gasteiger partial charge on any atom is -0.478 e. The lowest BCUT2D eigenvalue weighted by Crippen LogP contribution is -2.20. The summed E-state index contributed by atoms with van der Waals surface area (Å²) < 4.78 is 13.5. The SMILES string of the molecule is Cc1ccc(C(=O)O)cc1NC(=S)Nc1ccccc1F. The largest absolute Gasteiger partial charge is 0.478 e. The number of aromatic carboxylic acids is 1. The molecule has 108 valence electrons. The molecule has 2 rings (SSSR count). The van der Waals surface area contributed by atoms with Gasteiger partial charge in [0.1, 0.15) is 5.82 Å². The normalized spacial score (nSPS) is 10.0. The number of carboxylic acid groups (broad SMARTS) is 1. The van der Waals surface area contributed by atoms with Gasteiger partial charge >= 0.3 is 5.97 Å². The fourth-order valence-electron chi connectivity index (χ4n) is 1.73. The molecule has 0 radical (unpaired) electrons. The highest BCUT2D eigenvalue weighted by Crippen LogP contribution is 2.18. The molecule has 0 fully saturated rings. The highest BCUT2D eigenvalue weighted by atomic mass is 32.1. The van der Waals surface area contributed by atoms with Crippen molar-refractivity contribution in [2.45, 2.75) is 6.92 Å². The van der Waals surface area contributed by atoms with Crippen LogP contribution in [0.4, 0.5) is 15.8 Å².